The van der Waals surface area contributed by atoms with Crippen LogP contribution in [0.2, 0.25) is 0 Å². The molecular weight excluding hydrogens is 407 g/mol. The second-order valence-corrected chi connectivity index (χ2v) is 8.04. The highest BCUT2D eigenvalue weighted by Gasteiger charge is 2.30. The molecule has 0 saturated heterocycles. The molecule has 0 spiro atoms. The number of benzene rings is 1. The normalized spacial score (nSPS) is 15.4. The summed E-state index contributed by atoms with van der Waals surface area (Å²) in [7, 11) is 0. The van der Waals surface area contributed by atoms with Gasteiger partial charge in [0, 0.05) is 41.0 Å². The van der Waals surface area contributed by atoms with Crippen LogP contribution < -0.4 is 10.2 Å². The lowest BCUT2D eigenvalue weighted by Crippen LogP contribution is -2.40. The summed E-state index contributed by atoms with van der Waals surface area (Å²) in [5.74, 6) is 0.387. The van der Waals surface area contributed by atoms with E-state index in [4.69, 9.17) is 0 Å². The van der Waals surface area contributed by atoms with E-state index in [0.717, 1.165) is 22.4 Å². The summed E-state index contributed by atoms with van der Waals surface area (Å²) >= 11 is 0. The van der Waals surface area contributed by atoms with Gasteiger partial charge in [0.15, 0.2) is 0 Å². The smallest absolute Gasteiger partial charge is 0.255 e. The van der Waals surface area contributed by atoms with Gasteiger partial charge in [-0.3, -0.25) is 19.5 Å². The van der Waals surface area contributed by atoms with Crippen molar-refractivity contribution in [2.75, 3.05) is 16.8 Å². The first-order valence-electron chi connectivity index (χ1n) is 10.6. The van der Waals surface area contributed by atoms with Crippen LogP contribution in [0, 0.1) is 12.8 Å². The van der Waals surface area contributed by atoms with Crippen molar-refractivity contribution in [1.29, 1.82) is 0 Å². The van der Waals surface area contributed by atoms with E-state index < -0.39 is 6.67 Å². The van der Waals surface area contributed by atoms with Gasteiger partial charge in [-0.1, -0.05) is 19.1 Å². The minimum atomic E-state index is -0.623. The van der Waals surface area contributed by atoms with E-state index in [1.807, 2.05) is 32.9 Å². The van der Waals surface area contributed by atoms with Crippen molar-refractivity contribution in [3.63, 3.8) is 0 Å². The minimum absolute atomic E-state index is 0.0931. The largest absolute Gasteiger partial charge is 0.321 e. The van der Waals surface area contributed by atoms with Crippen molar-refractivity contribution in [2.45, 2.75) is 33.9 Å². The van der Waals surface area contributed by atoms with Gasteiger partial charge in [-0.05, 0) is 55.7 Å². The molecule has 1 atom stereocenters. The van der Waals surface area contributed by atoms with Crippen molar-refractivity contribution in [1.82, 2.24) is 9.97 Å². The molecule has 1 N–H and O–H groups in total. The molecule has 7 heteroatoms. The lowest BCUT2D eigenvalue weighted by atomic mass is 9.93. The first kappa shape index (κ1) is 21.6. The molecular formula is C25H25FN4O2. The first-order chi connectivity index (χ1) is 15.4. The first-order valence-corrected chi connectivity index (χ1v) is 10.6. The van der Waals surface area contributed by atoms with E-state index >= 15 is 0 Å². The number of nitrogens with zero attached hydrogens (tertiary/aromatic N) is 3. The van der Waals surface area contributed by atoms with Crippen LogP contribution in [0.15, 0.2) is 48.8 Å². The summed E-state index contributed by atoms with van der Waals surface area (Å²) in [5, 5.41) is 2.84. The standard InChI is InChI=1S/C25H25FN4O2/c1-4-30-23-19(8-15(2)25(30)32)10-20(13-28-23)22-11-21(14-27-16(22)3)29-24(31)18-7-5-6-17(9-18)12-26/h5-7,9-11,13-15H,4,8,12H2,1-3H3,(H,29,31). The fourth-order valence-electron chi connectivity index (χ4n) is 4.03. The molecule has 1 aliphatic heterocycles. The molecule has 3 heterocycles. The number of anilines is 2. The molecule has 4 rings (SSSR count). The number of carbonyl (C=O) groups is 2. The van der Waals surface area contributed by atoms with Gasteiger partial charge < -0.3 is 5.32 Å². The van der Waals surface area contributed by atoms with Gasteiger partial charge in [0.2, 0.25) is 5.91 Å². The Morgan fingerprint density at radius 1 is 1.22 bits per heavy atom. The van der Waals surface area contributed by atoms with Gasteiger partial charge in [0.05, 0.1) is 11.9 Å². The lowest BCUT2D eigenvalue weighted by Gasteiger charge is -2.31. The Morgan fingerprint density at radius 3 is 2.78 bits per heavy atom. The van der Waals surface area contributed by atoms with E-state index in [2.05, 4.69) is 15.3 Å². The van der Waals surface area contributed by atoms with Gasteiger partial charge in [0.25, 0.3) is 5.91 Å². The molecule has 0 fully saturated rings. The molecule has 1 aromatic carbocycles. The number of nitrogens with one attached hydrogen (secondary N) is 1. The zero-order chi connectivity index (χ0) is 22.8. The SMILES string of the molecule is CCN1C(=O)C(C)Cc2cc(-c3cc(NC(=O)c4cccc(CF)c4)cnc3C)cnc21. The summed E-state index contributed by atoms with van der Waals surface area (Å²) in [6.07, 6.45) is 3.98. The van der Waals surface area contributed by atoms with Crippen LogP contribution in [0.4, 0.5) is 15.9 Å². The molecule has 32 heavy (non-hydrogen) atoms. The van der Waals surface area contributed by atoms with Crippen LogP contribution in [0.1, 0.15) is 41.0 Å². The number of hydrogen-bond acceptors (Lipinski definition) is 4. The topological polar surface area (TPSA) is 75.2 Å². The Labute approximate surface area is 186 Å². The lowest BCUT2D eigenvalue weighted by molar-refractivity contribution is -0.122. The van der Waals surface area contributed by atoms with Crippen LogP contribution in [0.5, 0.6) is 0 Å². The Morgan fingerprint density at radius 2 is 2.03 bits per heavy atom. The Hall–Kier alpha value is -3.61. The molecule has 0 saturated carbocycles. The predicted molar refractivity (Wildman–Crippen MR) is 122 cm³/mol. The zero-order valence-corrected chi connectivity index (χ0v) is 18.4. The molecule has 6 nitrogen and oxygen atoms in total. The Kier molecular flexibility index (Phi) is 5.99. The summed E-state index contributed by atoms with van der Waals surface area (Å²) in [6, 6.07) is 10.4. The second kappa shape index (κ2) is 8.86. The van der Waals surface area contributed by atoms with Crippen LogP contribution in [-0.2, 0) is 17.9 Å². The number of fused-ring (bicyclic) bond motifs is 1. The maximum absolute atomic E-state index is 12.9. The number of amides is 2. The fraction of sp³-hybridized carbons (Fsp3) is 0.280. The predicted octanol–water partition coefficient (Wildman–Crippen LogP) is 4.72. The molecule has 1 unspecified atom stereocenters. The summed E-state index contributed by atoms with van der Waals surface area (Å²) in [5.41, 5.74) is 4.93. The number of halogens is 1. The Balaban J connectivity index is 1.64. The number of alkyl halides is 1. The van der Waals surface area contributed by atoms with Crippen molar-refractivity contribution >= 4 is 23.3 Å². The van der Waals surface area contributed by atoms with E-state index in [1.165, 1.54) is 6.07 Å². The molecule has 164 valence electrons. The van der Waals surface area contributed by atoms with Crippen molar-refractivity contribution in [2.24, 2.45) is 5.92 Å². The van der Waals surface area contributed by atoms with Crippen LogP contribution in [-0.4, -0.2) is 28.3 Å². The molecule has 0 radical (unpaired) electrons. The number of carbonyl (C=O) groups excluding carboxylic acids is 2. The van der Waals surface area contributed by atoms with Gasteiger partial charge >= 0.3 is 0 Å². The number of rotatable bonds is 5. The third-order valence-electron chi connectivity index (χ3n) is 5.73. The zero-order valence-electron chi connectivity index (χ0n) is 18.4. The average Bonchev–Trinajstić information content (AvgIpc) is 2.81. The van der Waals surface area contributed by atoms with Crippen LogP contribution in [0.3, 0.4) is 0 Å². The van der Waals surface area contributed by atoms with E-state index in [0.29, 0.717) is 35.6 Å². The van der Waals surface area contributed by atoms with Crippen LogP contribution >= 0.6 is 0 Å². The third kappa shape index (κ3) is 4.10. The summed E-state index contributed by atoms with van der Waals surface area (Å²) in [4.78, 5) is 35.8. The maximum Gasteiger partial charge on any atom is 0.255 e. The van der Waals surface area contributed by atoms with Crippen LogP contribution in [0.25, 0.3) is 11.1 Å². The minimum Gasteiger partial charge on any atom is -0.321 e. The molecule has 3 aromatic rings. The summed E-state index contributed by atoms with van der Waals surface area (Å²) < 4.78 is 12.9. The van der Waals surface area contributed by atoms with Gasteiger partial charge in [-0.25, -0.2) is 9.37 Å². The number of aromatic nitrogens is 2. The van der Waals surface area contributed by atoms with E-state index in [1.54, 1.807) is 35.5 Å². The number of pyridine rings is 2. The quantitative estimate of drug-likeness (QED) is 0.633. The van der Waals surface area contributed by atoms with Crippen molar-refractivity contribution in [3.05, 3.63) is 71.2 Å². The Bertz CT molecular complexity index is 1190. The fourth-order valence-corrected chi connectivity index (χ4v) is 4.03. The monoisotopic (exact) mass is 432 g/mol. The van der Waals surface area contributed by atoms with Gasteiger partial charge in [-0.2, -0.15) is 0 Å². The van der Waals surface area contributed by atoms with Crippen molar-refractivity contribution in [3.8, 4) is 11.1 Å². The van der Waals surface area contributed by atoms with E-state index in [9.17, 15) is 14.0 Å². The molecule has 2 amide bonds. The average molecular weight is 432 g/mol. The molecule has 0 aliphatic carbocycles. The number of aryl methyl sites for hydroxylation is 1. The summed E-state index contributed by atoms with van der Waals surface area (Å²) in [6.45, 7) is 5.73. The highest BCUT2D eigenvalue weighted by Crippen LogP contribution is 2.33. The highest BCUT2D eigenvalue weighted by molar-refractivity contribution is 6.04. The molecule has 1 aliphatic rings. The number of hydrogen-bond donors (Lipinski definition) is 1. The second-order valence-electron chi connectivity index (χ2n) is 8.04. The molecule has 2 aromatic heterocycles. The van der Waals surface area contributed by atoms with Gasteiger partial charge in [-0.15, -0.1) is 0 Å². The highest BCUT2D eigenvalue weighted by atomic mass is 19.1. The third-order valence-corrected chi connectivity index (χ3v) is 5.73. The van der Waals surface area contributed by atoms with E-state index in [-0.39, 0.29) is 17.7 Å². The van der Waals surface area contributed by atoms with Gasteiger partial charge in [0.1, 0.15) is 12.5 Å². The van der Waals surface area contributed by atoms with Crippen molar-refractivity contribution < 1.29 is 14.0 Å². The maximum atomic E-state index is 12.9. The molecule has 0 bridgehead atoms.